The second-order valence-corrected chi connectivity index (χ2v) is 10.4. The van der Waals surface area contributed by atoms with Crippen LogP contribution < -0.4 is 10.2 Å². The summed E-state index contributed by atoms with van der Waals surface area (Å²) >= 11 is 1.56. The lowest BCUT2D eigenvalue weighted by molar-refractivity contribution is -0.138. The molecule has 2 amide bonds. The summed E-state index contributed by atoms with van der Waals surface area (Å²) in [6.45, 7) is 1.57. The summed E-state index contributed by atoms with van der Waals surface area (Å²) in [5, 5.41) is 0. The lowest BCUT2D eigenvalue weighted by atomic mass is 9.91. The van der Waals surface area contributed by atoms with Gasteiger partial charge in [0.2, 0.25) is 0 Å². The van der Waals surface area contributed by atoms with Crippen LogP contribution in [0.1, 0.15) is 28.8 Å². The molecule has 37 heavy (non-hydrogen) atoms. The highest BCUT2D eigenvalue weighted by molar-refractivity contribution is 7.97. The normalized spacial score (nSPS) is 21.3. The first-order chi connectivity index (χ1) is 18.1. The Kier molecular flexibility index (Phi) is 8.08. The highest BCUT2D eigenvalue weighted by Crippen LogP contribution is 2.43. The number of benzene rings is 3. The zero-order valence-electron chi connectivity index (χ0n) is 20.8. The average Bonchev–Trinajstić information content (AvgIpc) is 3.31. The van der Waals surface area contributed by atoms with E-state index in [1.165, 1.54) is 0 Å². The van der Waals surface area contributed by atoms with Crippen LogP contribution >= 0.6 is 11.9 Å². The van der Waals surface area contributed by atoms with E-state index in [2.05, 4.69) is 9.79 Å². The van der Waals surface area contributed by atoms with Crippen molar-refractivity contribution in [3.05, 3.63) is 96.1 Å². The largest absolute Gasteiger partial charge is 0.497 e. The van der Waals surface area contributed by atoms with E-state index in [0.29, 0.717) is 31.2 Å². The number of rotatable bonds is 8. The zero-order valence-corrected chi connectivity index (χ0v) is 21.6. The molecule has 2 saturated heterocycles. The van der Waals surface area contributed by atoms with Gasteiger partial charge in [-0.05, 0) is 72.7 Å². The van der Waals surface area contributed by atoms with Gasteiger partial charge in [0, 0.05) is 29.6 Å². The van der Waals surface area contributed by atoms with Crippen molar-refractivity contribution >= 4 is 23.8 Å². The number of piperidine rings is 1. The third-order valence-corrected chi connectivity index (χ3v) is 8.24. The van der Waals surface area contributed by atoms with Crippen LogP contribution in [0.25, 0.3) is 0 Å². The highest BCUT2D eigenvalue weighted by atomic mass is 32.2. The van der Waals surface area contributed by atoms with Crippen LogP contribution in [0.5, 0.6) is 5.75 Å². The van der Waals surface area contributed by atoms with E-state index in [4.69, 9.17) is 9.57 Å². The van der Waals surface area contributed by atoms with E-state index in [1.807, 2.05) is 89.8 Å². The fourth-order valence-electron chi connectivity index (χ4n) is 5.06. The molecule has 8 heteroatoms. The number of nitrogens with one attached hydrogen (secondary N) is 1. The molecular weight excluding hydrogens is 486 g/mol. The van der Waals surface area contributed by atoms with Gasteiger partial charge in [-0.25, -0.2) is 9.79 Å². The number of fused-ring (bicyclic) bond motifs is 1. The molecule has 2 fully saturated rings. The smallest absolute Gasteiger partial charge is 0.261 e. The van der Waals surface area contributed by atoms with E-state index >= 15 is 0 Å². The van der Waals surface area contributed by atoms with Crippen molar-refractivity contribution in [1.29, 1.82) is 0 Å². The van der Waals surface area contributed by atoms with Crippen molar-refractivity contribution in [3.8, 4) is 5.75 Å². The van der Waals surface area contributed by atoms with Crippen molar-refractivity contribution in [2.45, 2.75) is 36.4 Å². The molecule has 5 rings (SSSR count). The molecule has 7 nitrogen and oxygen atoms in total. The average molecular weight is 518 g/mol. The Morgan fingerprint density at radius 3 is 2.38 bits per heavy atom. The van der Waals surface area contributed by atoms with Crippen molar-refractivity contribution in [3.63, 3.8) is 0 Å². The number of hydrogen-bond acceptors (Lipinski definition) is 6. The summed E-state index contributed by atoms with van der Waals surface area (Å²) in [5.74, 6) is 0.972. The number of likely N-dealkylation sites (tertiary alicyclic amines) is 1. The molecule has 3 aromatic rings. The zero-order chi connectivity index (χ0) is 25.6. The molecule has 0 bridgehead atoms. The quantitative estimate of drug-likeness (QED) is 0.349. The third-order valence-electron chi connectivity index (χ3n) is 7.02. The maximum atomic E-state index is 13.3. The minimum Gasteiger partial charge on any atom is -0.497 e. The van der Waals surface area contributed by atoms with Crippen LogP contribution in [0, 0.1) is 5.92 Å². The number of hydroxylamine groups is 1. The second kappa shape index (κ2) is 11.8. The van der Waals surface area contributed by atoms with Gasteiger partial charge in [0.25, 0.3) is 11.8 Å². The minimum atomic E-state index is -0.371. The SMILES string of the molecule is COc1ccc(SN2[C@H](C(=O)NOCc3ccccc3)C[C@@H]3CCN(C(=O)c4ccccc4)C[C@@H]32)cc1. The lowest BCUT2D eigenvalue weighted by Crippen LogP contribution is -2.50. The molecule has 3 aromatic carbocycles. The molecule has 0 saturated carbocycles. The first-order valence-electron chi connectivity index (χ1n) is 12.5. The van der Waals surface area contributed by atoms with Crippen LogP contribution in [0.4, 0.5) is 0 Å². The summed E-state index contributed by atoms with van der Waals surface area (Å²) in [6.07, 6.45) is 1.58. The summed E-state index contributed by atoms with van der Waals surface area (Å²) in [7, 11) is 1.64. The molecule has 2 aliphatic heterocycles. The fraction of sp³-hybridized carbons (Fsp3) is 0.310. The molecular formula is C29H31N3O4S. The molecule has 0 spiro atoms. The Balaban J connectivity index is 1.31. The van der Waals surface area contributed by atoms with Gasteiger partial charge in [0.1, 0.15) is 11.8 Å². The van der Waals surface area contributed by atoms with Crippen molar-refractivity contribution in [2.75, 3.05) is 20.2 Å². The maximum Gasteiger partial charge on any atom is 0.261 e. The second-order valence-electron chi connectivity index (χ2n) is 9.35. The number of nitrogens with zero attached hydrogens (tertiary/aromatic N) is 2. The fourth-order valence-corrected chi connectivity index (χ4v) is 6.24. The van der Waals surface area contributed by atoms with E-state index in [1.54, 1.807) is 19.1 Å². The summed E-state index contributed by atoms with van der Waals surface area (Å²) < 4.78 is 7.46. The van der Waals surface area contributed by atoms with E-state index in [-0.39, 0.29) is 23.9 Å². The monoisotopic (exact) mass is 517 g/mol. The Bertz CT molecular complexity index is 1190. The molecule has 0 aliphatic carbocycles. The van der Waals surface area contributed by atoms with Gasteiger partial charge >= 0.3 is 0 Å². The predicted molar refractivity (Wildman–Crippen MR) is 143 cm³/mol. The number of hydrogen-bond donors (Lipinski definition) is 1. The van der Waals surface area contributed by atoms with E-state index in [9.17, 15) is 9.59 Å². The van der Waals surface area contributed by atoms with Gasteiger partial charge in [-0.3, -0.25) is 14.4 Å². The Labute approximate surface area is 221 Å². The first kappa shape index (κ1) is 25.3. The van der Waals surface area contributed by atoms with Gasteiger partial charge in [0.15, 0.2) is 0 Å². The number of ether oxygens (including phenoxy) is 1. The Hall–Kier alpha value is -3.33. The Morgan fingerprint density at radius 2 is 1.68 bits per heavy atom. The van der Waals surface area contributed by atoms with Crippen LogP contribution in [-0.4, -0.2) is 53.3 Å². The van der Waals surface area contributed by atoms with Gasteiger partial charge in [0.05, 0.1) is 13.7 Å². The number of carbonyl (C=O) groups is 2. The van der Waals surface area contributed by atoms with Crippen LogP contribution in [0.3, 0.4) is 0 Å². The summed E-state index contributed by atoms with van der Waals surface area (Å²) in [6, 6.07) is 26.6. The standard InChI is InChI=1S/C29H31N3O4S/c1-35-24-12-14-25(15-13-24)37-32-26(28(33)30-36-20-21-8-4-2-5-9-21)18-23-16-17-31(19-27(23)32)29(34)22-10-6-3-7-11-22/h2-15,23,26-27H,16-20H2,1H3,(H,30,33)/t23-,26-,27-/m0/s1. The number of carbonyl (C=O) groups excluding carboxylic acids is 2. The minimum absolute atomic E-state index is 0.0348. The highest BCUT2D eigenvalue weighted by Gasteiger charge is 2.48. The lowest BCUT2D eigenvalue weighted by Gasteiger charge is -2.38. The van der Waals surface area contributed by atoms with Crippen LogP contribution in [-0.2, 0) is 16.2 Å². The first-order valence-corrected chi connectivity index (χ1v) is 13.3. The van der Waals surface area contributed by atoms with Crippen molar-refractivity contribution in [1.82, 2.24) is 14.7 Å². The third kappa shape index (κ3) is 5.98. The van der Waals surface area contributed by atoms with E-state index < -0.39 is 0 Å². The van der Waals surface area contributed by atoms with Crippen LogP contribution in [0.2, 0.25) is 0 Å². The summed E-state index contributed by atoms with van der Waals surface area (Å²) in [5.41, 5.74) is 4.36. The summed E-state index contributed by atoms with van der Waals surface area (Å²) in [4.78, 5) is 35.0. The molecule has 1 N–H and O–H groups in total. The Morgan fingerprint density at radius 1 is 0.973 bits per heavy atom. The molecule has 192 valence electrons. The molecule has 2 aliphatic rings. The van der Waals surface area contributed by atoms with Crippen molar-refractivity contribution < 1.29 is 19.2 Å². The molecule has 2 heterocycles. The number of amides is 2. The predicted octanol–water partition coefficient (Wildman–Crippen LogP) is 4.56. The molecule has 3 atom stereocenters. The van der Waals surface area contributed by atoms with Gasteiger partial charge in [-0.1, -0.05) is 48.5 Å². The van der Waals surface area contributed by atoms with Crippen LogP contribution in [0.15, 0.2) is 89.8 Å². The van der Waals surface area contributed by atoms with Gasteiger partial charge in [-0.2, -0.15) is 0 Å². The maximum absolute atomic E-state index is 13.3. The molecule has 0 radical (unpaired) electrons. The number of methoxy groups -OCH3 is 1. The molecule has 0 aromatic heterocycles. The van der Waals surface area contributed by atoms with Crippen molar-refractivity contribution in [2.24, 2.45) is 5.92 Å². The topological polar surface area (TPSA) is 71.1 Å². The molecule has 0 unspecified atom stereocenters. The van der Waals surface area contributed by atoms with Gasteiger partial charge < -0.3 is 9.64 Å². The van der Waals surface area contributed by atoms with Gasteiger partial charge in [-0.15, -0.1) is 0 Å². The van der Waals surface area contributed by atoms with E-state index in [0.717, 1.165) is 29.1 Å².